The van der Waals surface area contributed by atoms with Crippen LogP contribution >= 0.6 is 0 Å². The molecule has 3 nitrogen and oxygen atoms in total. The number of hydrogen-bond acceptors (Lipinski definition) is 1. The molecule has 1 amide bonds. The topological polar surface area (TPSA) is 29.1 Å². The number of carbonyl (C=O) groups is 1. The molecule has 0 heterocycles. The summed E-state index contributed by atoms with van der Waals surface area (Å²) in [6, 6.07) is 9.42. The van der Waals surface area contributed by atoms with E-state index in [1.807, 2.05) is 51.5 Å². The van der Waals surface area contributed by atoms with E-state index in [2.05, 4.69) is 5.32 Å². The Morgan fingerprint density at radius 1 is 1.21 bits per heavy atom. The van der Waals surface area contributed by atoms with Gasteiger partial charge in [0.05, 0.1) is 5.81 Å². The predicted molar refractivity (Wildman–Crippen MR) is 59.2 cm³/mol. The normalized spacial score (nSPS) is 11.1. The lowest BCUT2D eigenvalue weighted by Crippen LogP contribution is -2.44. The van der Waals surface area contributed by atoms with E-state index in [1.165, 1.54) is 0 Å². The van der Waals surface area contributed by atoms with Crippen molar-refractivity contribution < 1.29 is 9.19 Å². The van der Waals surface area contributed by atoms with Crippen LogP contribution in [0.4, 0.5) is 10.5 Å². The average molecular weight is 190 g/mol. The lowest BCUT2D eigenvalue weighted by molar-refractivity contribution is -0.753. The van der Waals surface area contributed by atoms with Gasteiger partial charge in [-0.3, -0.25) is 0 Å². The van der Waals surface area contributed by atoms with Gasteiger partial charge in [0, 0.05) is 26.8 Å². The summed E-state index contributed by atoms with van der Waals surface area (Å²) in [5.74, 6) is -0.0799. The fraction of sp³-hybridized carbons (Fsp3) is 0.300. The smallest absolute Gasteiger partial charge is 0.105 e. The monoisotopic (exact) mass is 190 g/mol. The molecule has 74 valence electrons. The number of benzene rings is 1. The number of amides is 1. The fourth-order valence-corrected chi connectivity index (χ4v) is 1.05. The Morgan fingerprint density at radius 2 is 1.79 bits per heavy atom. The third-order valence-electron chi connectivity index (χ3n) is 1.55. The molecule has 2 radical (unpaired) electrons. The van der Waals surface area contributed by atoms with E-state index in [9.17, 15) is 4.79 Å². The Morgan fingerprint density at radius 3 is 2.29 bits per heavy atom. The zero-order valence-electron chi connectivity index (χ0n) is 8.82. The SMILES string of the molecule is C[N+](C)(C)[B-]C(=O)Nc1ccccc1. The second kappa shape index (κ2) is 4.29. The molecule has 14 heavy (non-hydrogen) atoms. The predicted octanol–water partition coefficient (Wildman–Crippen LogP) is 1.54. The number of quaternary nitrogens is 1. The van der Waals surface area contributed by atoms with E-state index in [1.54, 1.807) is 7.41 Å². The first-order chi connectivity index (χ1) is 6.47. The summed E-state index contributed by atoms with van der Waals surface area (Å²) in [7, 11) is 7.42. The Hall–Kier alpha value is -1.29. The Labute approximate surface area is 85.6 Å². The highest BCUT2D eigenvalue weighted by atomic mass is 16.1. The standard InChI is InChI=1S/C10H14BN2O/c1-13(2,3)11-10(14)12-9-7-5-4-6-8-9/h4-8H,1-3H3/q-1/p+1. The minimum absolute atomic E-state index is 0.0799. The zero-order chi connectivity index (χ0) is 10.6. The molecule has 0 aliphatic heterocycles. The largest absolute Gasteiger partial charge is 0.560 e. The molecule has 0 bridgehead atoms. The Balaban J connectivity index is 2.50. The van der Waals surface area contributed by atoms with Gasteiger partial charge in [0.25, 0.3) is 0 Å². The van der Waals surface area contributed by atoms with E-state index in [0.717, 1.165) is 5.69 Å². The van der Waals surface area contributed by atoms with Crippen LogP contribution in [0.25, 0.3) is 0 Å². The summed E-state index contributed by atoms with van der Waals surface area (Å²) in [5.41, 5.74) is 0.821. The average Bonchev–Trinajstić information content (AvgIpc) is 2.02. The van der Waals surface area contributed by atoms with Gasteiger partial charge < -0.3 is 14.5 Å². The van der Waals surface area contributed by atoms with Gasteiger partial charge in [-0.05, 0) is 12.1 Å². The molecular formula is C10H15BN2O. The maximum Gasteiger partial charge on any atom is 0.105 e. The van der Waals surface area contributed by atoms with Crippen LogP contribution in [0.5, 0.6) is 0 Å². The van der Waals surface area contributed by atoms with Gasteiger partial charge in [0.15, 0.2) is 0 Å². The van der Waals surface area contributed by atoms with Crippen molar-refractivity contribution >= 4 is 18.9 Å². The van der Waals surface area contributed by atoms with Crippen LogP contribution in [0.15, 0.2) is 30.3 Å². The lowest BCUT2D eigenvalue weighted by atomic mass is 9.88. The number of carbonyl (C=O) groups excluding carboxylic acids is 1. The summed E-state index contributed by atoms with van der Waals surface area (Å²) in [4.78, 5) is 11.4. The molecule has 0 saturated heterocycles. The Kier molecular flexibility index (Phi) is 3.30. The number of anilines is 1. The second-order valence-corrected chi connectivity index (χ2v) is 4.10. The van der Waals surface area contributed by atoms with Gasteiger partial charge in [-0.1, -0.05) is 18.2 Å². The summed E-state index contributed by atoms with van der Waals surface area (Å²) in [6.07, 6.45) is 0. The lowest BCUT2D eigenvalue weighted by Gasteiger charge is -2.37. The van der Waals surface area contributed by atoms with Gasteiger partial charge in [-0.15, -0.1) is 0 Å². The van der Waals surface area contributed by atoms with E-state index < -0.39 is 0 Å². The van der Waals surface area contributed by atoms with Crippen molar-refractivity contribution in [3.63, 3.8) is 0 Å². The maximum atomic E-state index is 11.4. The number of rotatable bonds is 3. The first kappa shape index (κ1) is 10.8. The van der Waals surface area contributed by atoms with Gasteiger partial charge in [-0.25, -0.2) is 0 Å². The van der Waals surface area contributed by atoms with Crippen LogP contribution in [-0.2, 0) is 0 Å². The number of nitrogens with one attached hydrogen (secondary N) is 1. The van der Waals surface area contributed by atoms with Gasteiger partial charge >= 0.3 is 0 Å². The van der Waals surface area contributed by atoms with Crippen molar-refractivity contribution in [1.82, 2.24) is 0 Å². The molecule has 1 aromatic rings. The summed E-state index contributed by atoms with van der Waals surface area (Å²) < 4.78 is 0.513. The molecule has 0 fully saturated rings. The van der Waals surface area contributed by atoms with Gasteiger partial charge in [-0.2, -0.15) is 0 Å². The summed E-state index contributed by atoms with van der Waals surface area (Å²) >= 11 is 0. The van der Waals surface area contributed by atoms with Crippen LogP contribution in [-0.4, -0.2) is 38.8 Å². The molecule has 0 spiro atoms. The Bertz CT molecular complexity index is 306. The van der Waals surface area contributed by atoms with Crippen LogP contribution < -0.4 is 5.32 Å². The molecule has 1 N–H and O–H groups in total. The molecular weight excluding hydrogens is 175 g/mol. The van der Waals surface area contributed by atoms with E-state index in [4.69, 9.17) is 0 Å². The number of para-hydroxylation sites is 1. The molecule has 1 rings (SSSR count). The van der Waals surface area contributed by atoms with Crippen molar-refractivity contribution in [3.05, 3.63) is 30.3 Å². The third-order valence-corrected chi connectivity index (χ3v) is 1.55. The highest BCUT2D eigenvalue weighted by molar-refractivity contribution is 6.70. The minimum atomic E-state index is -0.0799. The van der Waals surface area contributed by atoms with E-state index in [-0.39, 0.29) is 5.81 Å². The first-order valence-electron chi connectivity index (χ1n) is 4.50. The van der Waals surface area contributed by atoms with Crippen molar-refractivity contribution in [2.45, 2.75) is 0 Å². The van der Waals surface area contributed by atoms with Crippen molar-refractivity contribution in [2.24, 2.45) is 0 Å². The molecule has 0 aliphatic carbocycles. The highest BCUT2D eigenvalue weighted by Gasteiger charge is 2.01. The number of hydrogen-bond donors (Lipinski definition) is 1. The van der Waals surface area contributed by atoms with Crippen molar-refractivity contribution in [1.29, 1.82) is 0 Å². The van der Waals surface area contributed by atoms with E-state index in [0.29, 0.717) is 4.39 Å². The molecule has 0 aliphatic rings. The number of nitrogens with zero attached hydrogens (tertiary/aromatic N) is 1. The zero-order valence-corrected chi connectivity index (χ0v) is 8.82. The highest BCUT2D eigenvalue weighted by Crippen LogP contribution is 2.05. The fourth-order valence-electron chi connectivity index (χ4n) is 1.05. The first-order valence-corrected chi connectivity index (χ1v) is 4.50. The molecule has 1 aromatic carbocycles. The molecule has 4 heteroatoms. The van der Waals surface area contributed by atoms with Gasteiger partial charge in [0.2, 0.25) is 0 Å². The van der Waals surface area contributed by atoms with E-state index >= 15 is 0 Å². The summed E-state index contributed by atoms with van der Waals surface area (Å²) in [6.45, 7) is 0. The van der Waals surface area contributed by atoms with Gasteiger partial charge in [0.1, 0.15) is 7.41 Å². The van der Waals surface area contributed by atoms with Crippen molar-refractivity contribution in [3.8, 4) is 0 Å². The molecule has 0 aromatic heterocycles. The van der Waals surface area contributed by atoms with Crippen LogP contribution in [0.3, 0.4) is 0 Å². The van der Waals surface area contributed by atoms with Crippen molar-refractivity contribution in [2.75, 3.05) is 26.5 Å². The molecule has 0 unspecified atom stereocenters. The summed E-state index contributed by atoms with van der Waals surface area (Å²) in [5, 5.41) is 2.79. The molecule has 0 saturated carbocycles. The van der Waals surface area contributed by atoms with Crippen LogP contribution in [0.1, 0.15) is 0 Å². The quantitative estimate of drug-likeness (QED) is 0.719. The maximum absolute atomic E-state index is 11.4. The third kappa shape index (κ3) is 4.09. The molecule has 0 atom stereocenters. The second-order valence-electron chi connectivity index (χ2n) is 4.10. The van der Waals surface area contributed by atoms with Crippen LogP contribution in [0, 0.1) is 0 Å². The minimum Gasteiger partial charge on any atom is -0.560 e. The van der Waals surface area contributed by atoms with Crippen LogP contribution in [0.2, 0.25) is 0 Å².